The summed E-state index contributed by atoms with van der Waals surface area (Å²) in [4.78, 5) is 90.8. The second-order valence-corrected chi connectivity index (χ2v) is 13.0. The third kappa shape index (κ3) is 8.13. The second kappa shape index (κ2) is 15.3. The van der Waals surface area contributed by atoms with E-state index in [0.29, 0.717) is 15.5 Å². The zero-order chi connectivity index (χ0) is 37.0. The maximum absolute atomic E-state index is 13.7. The number of fused-ring (bicyclic) bond motifs is 1. The first-order valence-corrected chi connectivity index (χ1v) is 16.9. The van der Waals surface area contributed by atoms with Crippen LogP contribution in [0.2, 0.25) is 0 Å². The Morgan fingerprint density at radius 3 is 2.39 bits per heavy atom. The van der Waals surface area contributed by atoms with E-state index in [4.69, 9.17) is 9.47 Å². The number of hydrogen-bond donors (Lipinski definition) is 5. The Morgan fingerprint density at radius 2 is 1.76 bits per heavy atom. The molecule has 1 saturated heterocycles. The van der Waals surface area contributed by atoms with Gasteiger partial charge in [-0.25, -0.2) is 9.59 Å². The predicted molar refractivity (Wildman–Crippen MR) is 177 cm³/mol. The molecule has 51 heavy (non-hydrogen) atoms. The van der Waals surface area contributed by atoms with Crippen LogP contribution in [0.5, 0.6) is 17.2 Å². The molecule has 20 heteroatoms. The number of carboxylic acids is 1. The van der Waals surface area contributed by atoms with Gasteiger partial charge in [-0.3, -0.25) is 33.8 Å². The molecule has 18 nitrogen and oxygen atoms in total. The molecule has 0 spiro atoms. The SMILES string of the molecule is CC(=O)Oc1ccc(C(=O)N(C)C(=O)NC(C(=O)NC2C(=O)N3C(C(=O)O)=C(CSc4cn[nH]n4)CS[C@@H]23)c2ccc(O)cc2)cc1OC(C)=O. The molecule has 2 aliphatic rings. The van der Waals surface area contributed by atoms with Crippen LogP contribution in [0, 0.1) is 0 Å². The van der Waals surface area contributed by atoms with E-state index in [9.17, 15) is 43.8 Å². The van der Waals surface area contributed by atoms with Crippen molar-refractivity contribution in [3.8, 4) is 17.2 Å². The first-order chi connectivity index (χ1) is 24.2. The number of esters is 2. The van der Waals surface area contributed by atoms with Crippen molar-refractivity contribution in [3.05, 3.63) is 71.1 Å². The van der Waals surface area contributed by atoms with Crippen molar-refractivity contribution in [2.75, 3.05) is 18.6 Å². The largest absolute Gasteiger partial charge is 0.508 e. The minimum absolute atomic E-state index is 0.133. The minimum Gasteiger partial charge on any atom is -0.508 e. The standard InChI is InChI=1S/C31H29N7O11S2/c1-14(39)48-20-9-6-17(10-21(20)49-15(2)40)27(43)37(3)31(47)34-23(16-4-7-19(41)8-5-16)26(42)33-24-28(44)38-25(30(45)46)18(13-51-29(24)38)12-50-22-11-32-36-35-22/h4-11,23-24,29,41H,12-13H2,1-3H3,(H,33,42)(H,34,47)(H,45,46)(H,32,35,36)/t23?,24?,29-/m0/s1. The number of aromatic nitrogens is 3. The van der Waals surface area contributed by atoms with Crippen molar-refractivity contribution in [2.24, 2.45) is 0 Å². The number of β-lactam (4-membered cyclic amide) rings is 1. The Balaban J connectivity index is 1.32. The number of carbonyl (C=O) groups is 7. The quantitative estimate of drug-likeness (QED) is 0.0807. The molecule has 3 aromatic rings. The van der Waals surface area contributed by atoms with E-state index < -0.39 is 59.1 Å². The minimum atomic E-state index is -1.49. The van der Waals surface area contributed by atoms with Crippen LogP contribution in [0.1, 0.15) is 35.8 Å². The van der Waals surface area contributed by atoms with Crippen molar-refractivity contribution in [2.45, 2.75) is 36.3 Å². The van der Waals surface area contributed by atoms with E-state index in [2.05, 4.69) is 26.0 Å². The van der Waals surface area contributed by atoms with E-state index in [0.717, 1.165) is 31.9 Å². The first kappa shape index (κ1) is 36.4. The Morgan fingerprint density at radius 1 is 1.08 bits per heavy atom. The molecule has 5 rings (SSSR count). The van der Waals surface area contributed by atoms with E-state index >= 15 is 0 Å². The number of aliphatic carboxylic acids is 1. The monoisotopic (exact) mass is 739 g/mol. The fourth-order valence-corrected chi connectivity index (χ4v) is 7.31. The topological polar surface area (TPSA) is 251 Å². The molecule has 3 heterocycles. The highest BCUT2D eigenvalue weighted by Crippen LogP contribution is 2.41. The number of hydrogen-bond acceptors (Lipinski definition) is 14. The highest BCUT2D eigenvalue weighted by atomic mass is 32.2. The lowest BCUT2D eigenvalue weighted by atomic mass is 10.0. The van der Waals surface area contributed by atoms with Crippen molar-refractivity contribution in [3.63, 3.8) is 0 Å². The van der Waals surface area contributed by atoms with Gasteiger partial charge in [0.15, 0.2) is 11.5 Å². The van der Waals surface area contributed by atoms with E-state index in [1.807, 2.05) is 0 Å². The van der Waals surface area contributed by atoms with Crippen LogP contribution in [0.4, 0.5) is 4.79 Å². The Kier molecular flexibility index (Phi) is 10.9. The van der Waals surface area contributed by atoms with Crippen LogP contribution < -0.4 is 20.1 Å². The summed E-state index contributed by atoms with van der Waals surface area (Å²) in [6.45, 7) is 2.23. The lowest BCUT2D eigenvalue weighted by molar-refractivity contribution is -0.151. The highest BCUT2D eigenvalue weighted by Gasteiger charge is 2.54. The summed E-state index contributed by atoms with van der Waals surface area (Å²) < 4.78 is 10.1. The highest BCUT2D eigenvalue weighted by molar-refractivity contribution is 8.01. The molecule has 2 unspecified atom stereocenters. The number of aromatic hydroxyl groups is 1. The lowest BCUT2D eigenvalue weighted by Gasteiger charge is -2.49. The number of nitrogens with zero attached hydrogens (tertiary/aromatic N) is 4. The maximum Gasteiger partial charge on any atom is 0.352 e. The first-order valence-electron chi connectivity index (χ1n) is 14.8. The van der Waals surface area contributed by atoms with Crippen molar-refractivity contribution >= 4 is 65.2 Å². The number of benzene rings is 2. The van der Waals surface area contributed by atoms with Gasteiger partial charge in [0.2, 0.25) is 5.91 Å². The number of aromatic amines is 1. The summed E-state index contributed by atoms with van der Waals surface area (Å²) in [7, 11) is 1.12. The van der Waals surface area contributed by atoms with Gasteiger partial charge in [-0.2, -0.15) is 10.3 Å². The van der Waals surface area contributed by atoms with Crippen molar-refractivity contribution < 1.29 is 53.2 Å². The normalized spacial score (nSPS) is 17.0. The molecule has 5 N–H and O–H groups in total. The molecular weight excluding hydrogens is 711 g/mol. The van der Waals surface area contributed by atoms with Gasteiger partial charge in [-0.1, -0.05) is 23.9 Å². The number of carbonyl (C=O) groups excluding carboxylic acids is 6. The number of urea groups is 1. The number of phenols is 1. The van der Waals surface area contributed by atoms with Gasteiger partial charge in [0, 0.05) is 38.0 Å². The number of phenolic OH excluding ortho intramolecular Hbond substituents is 1. The number of amides is 5. The van der Waals surface area contributed by atoms with E-state index in [-0.39, 0.29) is 45.6 Å². The molecule has 266 valence electrons. The molecule has 0 saturated carbocycles. The molecule has 0 bridgehead atoms. The van der Waals surface area contributed by atoms with Crippen LogP contribution in [-0.4, -0.2) is 107 Å². The maximum atomic E-state index is 13.7. The summed E-state index contributed by atoms with van der Waals surface area (Å²) in [5, 5.41) is 34.7. The van der Waals surface area contributed by atoms with Crippen molar-refractivity contribution in [1.82, 2.24) is 35.8 Å². The van der Waals surface area contributed by atoms with E-state index in [1.54, 1.807) is 0 Å². The van der Waals surface area contributed by atoms with Crippen molar-refractivity contribution in [1.29, 1.82) is 0 Å². The zero-order valence-electron chi connectivity index (χ0n) is 26.9. The Bertz CT molecular complexity index is 1940. The third-order valence-electron chi connectivity index (χ3n) is 7.40. The molecule has 2 aromatic carbocycles. The number of H-pyrrole nitrogens is 1. The van der Waals surface area contributed by atoms with Crippen LogP contribution >= 0.6 is 23.5 Å². The third-order valence-corrected chi connectivity index (χ3v) is 9.72. The number of thioether (sulfide) groups is 2. The van der Waals surface area contributed by atoms with Crippen LogP contribution in [0.25, 0.3) is 0 Å². The molecule has 1 fully saturated rings. The van der Waals surface area contributed by atoms with Gasteiger partial charge < -0.3 is 30.3 Å². The van der Waals surface area contributed by atoms with Crippen LogP contribution in [0.15, 0.2) is 65.0 Å². The van der Waals surface area contributed by atoms with Gasteiger partial charge in [0.1, 0.15) is 33.9 Å². The summed E-state index contributed by atoms with van der Waals surface area (Å²) in [5.74, 6) is -5.25. The number of nitrogens with one attached hydrogen (secondary N) is 3. The number of ether oxygens (including phenoxy) is 2. The molecule has 2 aliphatic heterocycles. The molecule has 0 aliphatic carbocycles. The predicted octanol–water partition coefficient (Wildman–Crippen LogP) is 1.41. The smallest absolute Gasteiger partial charge is 0.352 e. The molecule has 0 radical (unpaired) electrons. The van der Waals surface area contributed by atoms with Gasteiger partial charge in [0.05, 0.1) is 6.20 Å². The number of carboxylic acid groups (broad SMARTS) is 1. The number of rotatable bonds is 11. The summed E-state index contributed by atoms with van der Waals surface area (Å²) >= 11 is 2.49. The molecule has 5 amide bonds. The lowest BCUT2D eigenvalue weighted by Crippen LogP contribution is -2.71. The van der Waals surface area contributed by atoms with Gasteiger partial charge >= 0.3 is 23.9 Å². The fraction of sp³-hybridized carbons (Fsp3) is 0.258. The zero-order valence-corrected chi connectivity index (χ0v) is 28.6. The average Bonchev–Trinajstić information content (AvgIpc) is 3.62. The summed E-state index contributed by atoms with van der Waals surface area (Å²) in [6, 6.07) is 5.11. The van der Waals surface area contributed by atoms with Crippen LogP contribution in [0.3, 0.4) is 0 Å². The van der Waals surface area contributed by atoms with Gasteiger partial charge in [0.25, 0.3) is 11.8 Å². The molecule has 1 aromatic heterocycles. The Hall–Kier alpha value is -5.89. The molecular formula is C31H29N7O11S2. The average molecular weight is 740 g/mol. The summed E-state index contributed by atoms with van der Waals surface area (Å²) in [5.41, 5.74) is 0.339. The van der Waals surface area contributed by atoms with E-state index in [1.165, 1.54) is 66.1 Å². The van der Waals surface area contributed by atoms with Gasteiger partial charge in [-0.15, -0.1) is 16.9 Å². The Labute approximate surface area is 296 Å². The second-order valence-electron chi connectivity index (χ2n) is 10.9. The molecule has 3 atom stereocenters. The van der Waals surface area contributed by atoms with Crippen LogP contribution in [-0.2, 0) is 24.0 Å². The number of imide groups is 1. The summed E-state index contributed by atoms with van der Waals surface area (Å²) in [6.07, 6.45) is 1.48. The van der Waals surface area contributed by atoms with Gasteiger partial charge in [-0.05, 0) is 41.5 Å². The fourth-order valence-electron chi connectivity index (χ4n) is 5.04.